The number of sulfone groups is 1. The first-order chi connectivity index (χ1) is 14.0. The summed E-state index contributed by atoms with van der Waals surface area (Å²) in [6.07, 6.45) is 1.03. The summed E-state index contributed by atoms with van der Waals surface area (Å²) in [7, 11) is -7.61. The average molecular weight is 448 g/mol. The summed E-state index contributed by atoms with van der Waals surface area (Å²) in [5.74, 6) is -0.780. The Hall–Kier alpha value is -2.98. The molecule has 0 aliphatic heterocycles. The van der Waals surface area contributed by atoms with Gasteiger partial charge in [-0.1, -0.05) is 12.1 Å². The fourth-order valence-electron chi connectivity index (χ4n) is 2.92. The molecule has 0 aliphatic carbocycles. The highest BCUT2D eigenvalue weighted by Gasteiger charge is 2.20. The molecule has 0 spiro atoms. The zero-order valence-corrected chi connectivity index (χ0v) is 18.3. The number of sulfonamides is 1. The molecule has 3 aromatic rings. The molecular weight excluding hydrogens is 426 g/mol. The molecule has 1 aromatic heterocycles. The molecule has 1 N–H and O–H groups in total. The van der Waals surface area contributed by atoms with Crippen LogP contribution in [0.1, 0.15) is 27.3 Å². The molecule has 0 unspecified atom stereocenters. The van der Waals surface area contributed by atoms with Crippen molar-refractivity contribution in [2.45, 2.75) is 30.2 Å². The Bertz CT molecular complexity index is 1310. The van der Waals surface area contributed by atoms with Crippen molar-refractivity contribution in [2.24, 2.45) is 0 Å². The van der Waals surface area contributed by atoms with Gasteiger partial charge < -0.3 is 0 Å². The first-order valence-corrected chi connectivity index (χ1v) is 12.3. The van der Waals surface area contributed by atoms with Gasteiger partial charge in [-0.05, 0) is 61.9 Å². The van der Waals surface area contributed by atoms with Gasteiger partial charge in [0.25, 0.3) is 15.9 Å². The van der Waals surface area contributed by atoms with Crippen LogP contribution in [0.25, 0.3) is 0 Å². The normalized spacial score (nSPS) is 12.0. The molecule has 0 fully saturated rings. The number of nitrogens with zero attached hydrogens (tertiary/aromatic N) is 2. The Morgan fingerprint density at radius 1 is 0.967 bits per heavy atom. The maximum Gasteiger partial charge on any atom is 0.265 e. The van der Waals surface area contributed by atoms with Crippen molar-refractivity contribution < 1.29 is 21.6 Å². The van der Waals surface area contributed by atoms with E-state index in [1.165, 1.54) is 18.2 Å². The molecule has 1 heterocycles. The van der Waals surface area contributed by atoms with Crippen LogP contribution in [0.5, 0.6) is 0 Å². The largest absolute Gasteiger partial charge is 0.268 e. The zero-order chi connectivity index (χ0) is 22.1. The predicted molar refractivity (Wildman–Crippen MR) is 111 cm³/mol. The molecule has 158 valence electrons. The van der Waals surface area contributed by atoms with Crippen molar-refractivity contribution in [1.29, 1.82) is 0 Å². The lowest BCUT2D eigenvalue weighted by atomic mass is 10.1. The van der Waals surface area contributed by atoms with E-state index in [0.29, 0.717) is 6.54 Å². The van der Waals surface area contributed by atoms with Gasteiger partial charge in [0.2, 0.25) is 0 Å². The van der Waals surface area contributed by atoms with E-state index < -0.39 is 25.8 Å². The number of aryl methyl sites for hydroxylation is 2. The summed E-state index contributed by atoms with van der Waals surface area (Å²) in [5, 5.41) is 4.38. The number of aromatic nitrogens is 2. The highest BCUT2D eigenvalue weighted by Crippen LogP contribution is 2.15. The van der Waals surface area contributed by atoms with Crippen LogP contribution in [0.4, 0.5) is 0 Å². The van der Waals surface area contributed by atoms with Crippen LogP contribution in [0.3, 0.4) is 0 Å². The van der Waals surface area contributed by atoms with Crippen molar-refractivity contribution in [3.63, 3.8) is 0 Å². The van der Waals surface area contributed by atoms with Crippen molar-refractivity contribution in [2.75, 3.05) is 6.26 Å². The molecule has 0 bridgehead atoms. The molecule has 8 nitrogen and oxygen atoms in total. The van der Waals surface area contributed by atoms with Gasteiger partial charge in [-0.25, -0.2) is 21.6 Å². The van der Waals surface area contributed by atoms with E-state index in [0.717, 1.165) is 35.3 Å². The predicted octanol–water partition coefficient (Wildman–Crippen LogP) is 2.07. The van der Waals surface area contributed by atoms with Gasteiger partial charge in [-0.3, -0.25) is 9.48 Å². The number of rotatable bonds is 6. The lowest BCUT2D eigenvalue weighted by Crippen LogP contribution is -2.30. The molecule has 0 aliphatic rings. The summed E-state index contributed by atoms with van der Waals surface area (Å²) in [5.41, 5.74) is 2.84. The number of carbonyl (C=O) groups excluding carboxylic acids is 1. The zero-order valence-electron chi connectivity index (χ0n) is 16.7. The smallest absolute Gasteiger partial charge is 0.265 e. The second-order valence-corrected chi connectivity index (χ2v) is 10.7. The fraction of sp³-hybridized carbons (Fsp3) is 0.200. The second-order valence-electron chi connectivity index (χ2n) is 6.96. The summed E-state index contributed by atoms with van der Waals surface area (Å²) in [6, 6.07) is 13.2. The molecule has 0 radical (unpaired) electrons. The van der Waals surface area contributed by atoms with Gasteiger partial charge >= 0.3 is 0 Å². The van der Waals surface area contributed by atoms with E-state index in [-0.39, 0.29) is 15.4 Å². The van der Waals surface area contributed by atoms with E-state index in [4.69, 9.17) is 0 Å². The van der Waals surface area contributed by atoms with E-state index in [1.807, 2.05) is 30.7 Å². The fourth-order valence-corrected chi connectivity index (χ4v) is 4.53. The van der Waals surface area contributed by atoms with Crippen LogP contribution in [0.15, 0.2) is 64.4 Å². The molecule has 30 heavy (non-hydrogen) atoms. The number of benzene rings is 2. The number of amides is 1. The molecule has 2 aromatic carbocycles. The van der Waals surface area contributed by atoms with Crippen molar-refractivity contribution >= 4 is 25.8 Å². The molecule has 3 rings (SSSR count). The molecule has 10 heteroatoms. The Kier molecular flexibility index (Phi) is 5.82. The highest BCUT2D eigenvalue weighted by molar-refractivity contribution is 7.91. The summed E-state index contributed by atoms with van der Waals surface area (Å²) < 4.78 is 51.9. The molecule has 0 saturated carbocycles. The SMILES string of the molecule is Cc1cc(C)n(Cc2cccc(C(=O)NS(=O)(=O)c3ccc(S(C)(=O)=O)cc3)c2)n1. The standard InChI is InChI=1S/C20H21N3O5S2/c1-14-11-15(2)23(21-14)13-16-5-4-6-17(12-16)20(24)22-30(27,28)19-9-7-18(8-10-19)29(3,25)26/h4-12H,13H2,1-3H3,(H,22,24). The van der Waals surface area contributed by atoms with Gasteiger partial charge in [0.1, 0.15) is 0 Å². The monoisotopic (exact) mass is 447 g/mol. The van der Waals surface area contributed by atoms with Gasteiger partial charge in [0.15, 0.2) is 9.84 Å². The lowest BCUT2D eigenvalue weighted by Gasteiger charge is -2.09. The third-order valence-electron chi connectivity index (χ3n) is 4.41. The van der Waals surface area contributed by atoms with E-state index in [1.54, 1.807) is 16.8 Å². The molecule has 0 saturated heterocycles. The maximum absolute atomic E-state index is 12.5. The van der Waals surface area contributed by atoms with E-state index in [2.05, 4.69) is 5.10 Å². The first-order valence-electron chi connectivity index (χ1n) is 8.93. The van der Waals surface area contributed by atoms with Crippen LogP contribution in [-0.2, 0) is 26.4 Å². The van der Waals surface area contributed by atoms with Crippen LogP contribution < -0.4 is 4.72 Å². The van der Waals surface area contributed by atoms with Gasteiger partial charge in [0.05, 0.1) is 22.0 Å². The average Bonchev–Trinajstić information content (AvgIpc) is 2.98. The minimum atomic E-state index is -4.16. The Balaban J connectivity index is 1.79. The second kappa shape index (κ2) is 8.04. The van der Waals surface area contributed by atoms with Crippen molar-refractivity contribution in [3.05, 3.63) is 77.1 Å². The Labute approximate surface area is 175 Å². The number of carbonyl (C=O) groups is 1. The third kappa shape index (κ3) is 4.95. The van der Waals surface area contributed by atoms with Crippen LogP contribution in [0.2, 0.25) is 0 Å². The van der Waals surface area contributed by atoms with Crippen LogP contribution in [-0.4, -0.2) is 38.8 Å². The number of hydrogen-bond donors (Lipinski definition) is 1. The first kappa shape index (κ1) is 21.7. The molecule has 1 amide bonds. The highest BCUT2D eigenvalue weighted by atomic mass is 32.2. The van der Waals surface area contributed by atoms with E-state index >= 15 is 0 Å². The summed E-state index contributed by atoms with van der Waals surface area (Å²) in [4.78, 5) is 12.3. The number of nitrogens with one attached hydrogen (secondary N) is 1. The van der Waals surface area contributed by atoms with Gasteiger partial charge in [-0.15, -0.1) is 0 Å². The van der Waals surface area contributed by atoms with Crippen LogP contribution in [0, 0.1) is 13.8 Å². The minimum Gasteiger partial charge on any atom is -0.268 e. The molecular formula is C20H21N3O5S2. The van der Waals surface area contributed by atoms with Gasteiger partial charge in [-0.2, -0.15) is 5.10 Å². The van der Waals surface area contributed by atoms with Gasteiger partial charge in [0, 0.05) is 17.5 Å². The van der Waals surface area contributed by atoms with E-state index in [9.17, 15) is 21.6 Å². The Morgan fingerprint density at radius 2 is 1.60 bits per heavy atom. The maximum atomic E-state index is 12.5. The molecule has 0 atom stereocenters. The third-order valence-corrected chi connectivity index (χ3v) is 6.89. The van der Waals surface area contributed by atoms with Crippen molar-refractivity contribution in [1.82, 2.24) is 14.5 Å². The topological polar surface area (TPSA) is 115 Å². The number of hydrogen-bond acceptors (Lipinski definition) is 6. The van der Waals surface area contributed by atoms with Crippen molar-refractivity contribution in [3.8, 4) is 0 Å². The minimum absolute atomic E-state index is 0.00960. The van der Waals surface area contributed by atoms with Crippen LogP contribution >= 0.6 is 0 Å². The lowest BCUT2D eigenvalue weighted by molar-refractivity contribution is 0.0981. The Morgan fingerprint density at radius 3 is 2.17 bits per heavy atom. The summed E-state index contributed by atoms with van der Waals surface area (Å²) in [6.45, 7) is 4.26. The quantitative estimate of drug-likeness (QED) is 0.619. The summed E-state index contributed by atoms with van der Waals surface area (Å²) >= 11 is 0.